The minimum atomic E-state index is -0.344. The predicted molar refractivity (Wildman–Crippen MR) is 82.0 cm³/mol. The molecule has 1 unspecified atom stereocenters. The van der Waals surface area contributed by atoms with Gasteiger partial charge < -0.3 is 15.7 Å². The second-order valence-electron chi connectivity index (χ2n) is 4.76. The molecule has 0 saturated carbocycles. The van der Waals surface area contributed by atoms with Gasteiger partial charge in [-0.15, -0.1) is 0 Å². The van der Waals surface area contributed by atoms with Gasteiger partial charge in [-0.1, -0.05) is 12.2 Å². The lowest BCUT2D eigenvalue weighted by Crippen LogP contribution is -2.37. The lowest BCUT2D eigenvalue weighted by atomic mass is 9.98. The molecule has 1 aromatic carbocycles. The summed E-state index contributed by atoms with van der Waals surface area (Å²) in [6, 6.07) is 3.43. The van der Waals surface area contributed by atoms with E-state index in [1.54, 1.807) is 12.1 Å². The van der Waals surface area contributed by atoms with Crippen LogP contribution in [-0.4, -0.2) is 29.8 Å². The van der Waals surface area contributed by atoms with Crippen LogP contribution < -0.4 is 10.6 Å². The Balaban J connectivity index is 2.30. The Morgan fingerprint density at radius 1 is 1.58 bits per heavy atom. The Morgan fingerprint density at radius 3 is 2.95 bits per heavy atom. The second-order valence-corrected chi connectivity index (χ2v) is 5.99. The SMILES string of the molecule is NC(=S)c1ccc(N2CCCC(CO)C2)c(F)c1Br. The lowest BCUT2D eigenvalue weighted by molar-refractivity contribution is 0.208. The van der Waals surface area contributed by atoms with Crippen LogP contribution in [0, 0.1) is 11.7 Å². The van der Waals surface area contributed by atoms with E-state index in [0.29, 0.717) is 22.3 Å². The Bertz CT molecular complexity index is 498. The van der Waals surface area contributed by atoms with Crippen molar-refractivity contribution >= 4 is 38.8 Å². The third kappa shape index (κ3) is 3.07. The van der Waals surface area contributed by atoms with E-state index in [-0.39, 0.29) is 23.3 Å². The van der Waals surface area contributed by atoms with Crippen molar-refractivity contribution < 1.29 is 9.50 Å². The number of nitrogens with zero attached hydrogens (tertiary/aromatic N) is 1. The van der Waals surface area contributed by atoms with E-state index in [1.807, 2.05) is 4.90 Å². The highest BCUT2D eigenvalue weighted by Crippen LogP contribution is 2.32. The summed E-state index contributed by atoms with van der Waals surface area (Å²) in [6.45, 7) is 1.61. The van der Waals surface area contributed by atoms with Crippen LogP contribution >= 0.6 is 28.1 Å². The number of hydrogen-bond acceptors (Lipinski definition) is 3. The number of anilines is 1. The maximum Gasteiger partial charge on any atom is 0.161 e. The molecule has 1 aliphatic rings. The molecular weight excluding hydrogens is 331 g/mol. The van der Waals surface area contributed by atoms with E-state index >= 15 is 0 Å². The lowest BCUT2D eigenvalue weighted by Gasteiger charge is -2.34. The maximum atomic E-state index is 14.4. The van der Waals surface area contributed by atoms with Gasteiger partial charge in [0.1, 0.15) is 4.99 Å². The topological polar surface area (TPSA) is 49.5 Å². The Kier molecular flexibility index (Phi) is 4.76. The first-order chi connectivity index (χ1) is 9.04. The largest absolute Gasteiger partial charge is 0.396 e. The van der Waals surface area contributed by atoms with Crippen LogP contribution in [0.3, 0.4) is 0 Å². The van der Waals surface area contributed by atoms with Gasteiger partial charge in [0.2, 0.25) is 0 Å². The van der Waals surface area contributed by atoms with Crippen molar-refractivity contribution in [2.75, 3.05) is 24.6 Å². The normalized spacial score (nSPS) is 19.5. The third-order valence-corrected chi connectivity index (χ3v) is 4.44. The minimum absolute atomic E-state index is 0.143. The molecule has 3 nitrogen and oxygen atoms in total. The first-order valence-electron chi connectivity index (χ1n) is 6.18. The van der Waals surface area contributed by atoms with E-state index < -0.39 is 0 Å². The van der Waals surface area contributed by atoms with Gasteiger partial charge >= 0.3 is 0 Å². The van der Waals surface area contributed by atoms with E-state index in [9.17, 15) is 9.50 Å². The molecule has 1 fully saturated rings. The van der Waals surface area contributed by atoms with Crippen LogP contribution in [0.1, 0.15) is 18.4 Å². The van der Waals surface area contributed by atoms with Crippen molar-refractivity contribution in [1.82, 2.24) is 0 Å². The van der Waals surface area contributed by atoms with Gasteiger partial charge in [-0.05, 0) is 46.8 Å². The van der Waals surface area contributed by atoms with Crippen LogP contribution in [0.4, 0.5) is 10.1 Å². The molecule has 3 N–H and O–H groups in total. The van der Waals surface area contributed by atoms with Gasteiger partial charge in [0.15, 0.2) is 5.82 Å². The first-order valence-corrected chi connectivity index (χ1v) is 7.38. The molecule has 0 radical (unpaired) electrons. The van der Waals surface area contributed by atoms with Gasteiger partial charge in [-0.2, -0.15) is 0 Å². The van der Waals surface area contributed by atoms with E-state index in [4.69, 9.17) is 18.0 Å². The highest BCUT2D eigenvalue weighted by Gasteiger charge is 2.23. The molecule has 0 amide bonds. The number of benzene rings is 1. The summed E-state index contributed by atoms with van der Waals surface area (Å²) in [4.78, 5) is 2.14. The molecule has 2 rings (SSSR count). The second kappa shape index (κ2) is 6.15. The molecule has 19 heavy (non-hydrogen) atoms. The quantitative estimate of drug-likeness (QED) is 0.825. The van der Waals surface area contributed by atoms with Crippen molar-refractivity contribution in [3.63, 3.8) is 0 Å². The van der Waals surface area contributed by atoms with Gasteiger partial charge in [0.25, 0.3) is 0 Å². The monoisotopic (exact) mass is 346 g/mol. The summed E-state index contributed by atoms with van der Waals surface area (Å²) in [6.07, 6.45) is 1.94. The molecule has 1 atom stereocenters. The van der Waals surface area contributed by atoms with Crippen molar-refractivity contribution in [3.8, 4) is 0 Å². The first kappa shape index (κ1) is 14.7. The summed E-state index contributed by atoms with van der Waals surface area (Å²) in [5, 5.41) is 9.23. The Hall–Kier alpha value is -0.720. The molecule has 1 saturated heterocycles. The van der Waals surface area contributed by atoms with Crippen LogP contribution in [0.15, 0.2) is 16.6 Å². The Morgan fingerprint density at radius 2 is 2.32 bits per heavy atom. The smallest absolute Gasteiger partial charge is 0.161 e. The fourth-order valence-electron chi connectivity index (χ4n) is 2.41. The third-order valence-electron chi connectivity index (χ3n) is 3.45. The predicted octanol–water partition coefficient (Wildman–Crippen LogP) is 2.43. The van der Waals surface area contributed by atoms with E-state index in [1.165, 1.54) is 0 Å². The van der Waals surface area contributed by atoms with Crippen LogP contribution in [-0.2, 0) is 0 Å². The summed E-state index contributed by atoms with van der Waals surface area (Å²) >= 11 is 8.09. The number of rotatable bonds is 3. The fourth-order valence-corrected chi connectivity index (χ4v) is 3.26. The zero-order valence-corrected chi connectivity index (χ0v) is 12.8. The van der Waals surface area contributed by atoms with Crippen LogP contribution in [0.5, 0.6) is 0 Å². The average molecular weight is 347 g/mol. The zero-order valence-electron chi connectivity index (χ0n) is 10.4. The molecule has 0 spiro atoms. The maximum absolute atomic E-state index is 14.4. The minimum Gasteiger partial charge on any atom is -0.396 e. The number of thiocarbonyl (C=S) groups is 1. The molecule has 0 aliphatic carbocycles. The average Bonchev–Trinajstić information content (AvgIpc) is 2.41. The van der Waals surface area contributed by atoms with Crippen molar-refractivity contribution in [1.29, 1.82) is 0 Å². The Labute approximate surface area is 125 Å². The fraction of sp³-hybridized carbons (Fsp3) is 0.462. The number of hydrogen-bond donors (Lipinski definition) is 2. The molecule has 1 aliphatic heterocycles. The zero-order chi connectivity index (χ0) is 14.0. The molecular formula is C13H16BrFN2OS. The summed E-state index contributed by atoms with van der Waals surface area (Å²) in [5.41, 5.74) is 6.58. The summed E-state index contributed by atoms with van der Waals surface area (Å²) < 4.78 is 14.7. The van der Waals surface area contributed by atoms with Gasteiger partial charge in [0, 0.05) is 25.3 Å². The van der Waals surface area contributed by atoms with Crippen LogP contribution in [0.25, 0.3) is 0 Å². The van der Waals surface area contributed by atoms with Crippen molar-refractivity contribution in [3.05, 3.63) is 28.0 Å². The van der Waals surface area contributed by atoms with E-state index in [0.717, 1.165) is 19.4 Å². The molecule has 0 aromatic heterocycles. The highest BCUT2D eigenvalue weighted by molar-refractivity contribution is 9.10. The molecule has 1 aromatic rings. The van der Waals surface area contributed by atoms with E-state index in [2.05, 4.69) is 15.9 Å². The number of aliphatic hydroxyl groups excluding tert-OH is 1. The van der Waals surface area contributed by atoms with Gasteiger partial charge in [0.05, 0.1) is 10.2 Å². The van der Waals surface area contributed by atoms with Crippen LogP contribution in [0.2, 0.25) is 0 Å². The molecule has 6 heteroatoms. The standard InChI is InChI=1S/C13H16BrFN2OS/c14-11-9(13(16)19)3-4-10(12(11)15)17-5-1-2-8(6-17)7-18/h3-4,8,18H,1-2,5-7H2,(H2,16,19). The number of halogens is 2. The molecule has 104 valence electrons. The summed E-state index contributed by atoms with van der Waals surface area (Å²) in [5.74, 6) is -0.133. The van der Waals surface area contributed by atoms with Crippen molar-refractivity contribution in [2.24, 2.45) is 11.7 Å². The number of aliphatic hydroxyl groups is 1. The number of piperidine rings is 1. The summed E-state index contributed by atoms with van der Waals surface area (Å²) in [7, 11) is 0. The molecule has 1 heterocycles. The molecule has 0 bridgehead atoms. The number of nitrogens with two attached hydrogens (primary N) is 1. The highest BCUT2D eigenvalue weighted by atomic mass is 79.9. The van der Waals surface area contributed by atoms with Gasteiger partial charge in [-0.3, -0.25) is 0 Å². The van der Waals surface area contributed by atoms with Crippen molar-refractivity contribution in [2.45, 2.75) is 12.8 Å². The van der Waals surface area contributed by atoms with Gasteiger partial charge in [-0.25, -0.2) is 4.39 Å².